The first-order chi connectivity index (χ1) is 9.34. The molecule has 5 nitrogen and oxygen atoms in total. The van der Waals surface area contributed by atoms with Gasteiger partial charge in [0, 0.05) is 37.2 Å². The van der Waals surface area contributed by atoms with Crippen LogP contribution in [0.3, 0.4) is 0 Å². The van der Waals surface area contributed by atoms with Crippen molar-refractivity contribution in [2.45, 2.75) is 26.2 Å². The summed E-state index contributed by atoms with van der Waals surface area (Å²) < 4.78 is 2.05. The highest BCUT2D eigenvalue weighted by Gasteiger charge is 2.25. The largest absolute Gasteiger partial charge is 0.356 e. The zero-order valence-electron chi connectivity index (χ0n) is 11.3. The molecular formula is C14H19N5. The summed E-state index contributed by atoms with van der Waals surface area (Å²) in [5.74, 6) is 1.29. The van der Waals surface area contributed by atoms with Crippen molar-refractivity contribution in [1.29, 1.82) is 0 Å². The number of anilines is 1. The minimum Gasteiger partial charge on any atom is -0.356 e. The molecule has 2 aliphatic heterocycles. The molecule has 0 unspecified atom stereocenters. The Hall–Kier alpha value is -1.62. The van der Waals surface area contributed by atoms with E-state index >= 15 is 0 Å². The molecule has 0 aliphatic carbocycles. The van der Waals surface area contributed by atoms with Gasteiger partial charge in [-0.3, -0.25) is 0 Å². The fraction of sp³-hybridized carbons (Fsp3) is 0.571. The topological polar surface area (TPSA) is 45.5 Å². The lowest BCUT2D eigenvalue weighted by atomic mass is 10.1. The molecule has 0 spiro atoms. The average Bonchev–Trinajstić information content (AvgIpc) is 2.59. The summed E-state index contributed by atoms with van der Waals surface area (Å²) in [6, 6.07) is 0. The van der Waals surface area contributed by atoms with Crippen LogP contribution in [0.4, 0.5) is 5.82 Å². The number of aromatic nitrogens is 3. The SMILES string of the molecule is Cc1cnn2c(N3CCC3)c3c(nc12)CCNCC3. The lowest BCUT2D eigenvalue weighted by Crippen LogP contribution is -2.39. The molecule has 2 aliphatic rings. The van der Waals surface area contributed by atoms with Crippen LogP contribution < -0.4 is 10.2 Å². The van der Waals surface area contributed by atoms with Gasteiger partial charge in [-0.1, -0.05) is 0 Å². The monoisotopic (exact) mass is 257 g/mol. The third-order valence-corrected chi connectivity index (χ3v) is 4.23. The molecule has 0 saturated carbocycles. The molecule has 2 aromatic heterocycles. The van der Waals surface area contributed by atoms with Crippen LogP contribution in [0.25, 0.3) is 5.65 Å². The molecule has 0 atom stereocenters. The van der Waals surface area contributed by atoms with Crippen molar-refractivity contribution in [1.82, 2.24) is 19.9 Å². The second-order valence-corrected chi connectivity index (χ2v) is 5.51. The molecule has 4 rings (SSSR count). The Kier molecular flexibility index (Phi) is 2.48. The quantitative estimate of drug-likeness (QED) is 0.826. The van der Waals surface area contributed by atoms with Gasteiger partial charge in [-0.25, -0.2) is 4.98 Å². The maximum absolute atomic E-state index is 4.87. The van der Waals surface area contributed by atoms with Gasteiger partial charge < -0.3 is 10.2 Å². The first-order valence-electron chi connectivity index (χ1n) is 7.16. The summed E-state index contributed by atoms with van der Waals surface area (Å²) in [5.41, 5.74) is 4.87. The van der Waals surface area contributed by atoms with E-state index in [1.807, 2.05) is 6.20 Å². The predicted octanol–water partition coefficient (Wildman–Crippen LogP) is 0.936. The van der Waals surface area contributed by atoms with Crippen LogP contribution in [0.15, 0.2) is 6.20 Å². The molecular weight excluding hydrogens is 238 g/mol. The maximum atomic E-state index is 4.87. The van der Waals surface area contributed by atoms with Crippen molar-refractivity contribution in [3.05, 3.63) is 23.0 Å². The van der Waals surface area contributed by atoms with Crippen LogP contribution in [0, 0.1) is 6.92 Å². The lowest BCUT2D eigenvalue weighted by molar-refractivity contribution is 0.594. The highest BCUT2D eigenvalue weighted by molar-refractivity contribution is 5.61. The number of hydrogen-bond acceptors (Lipinski definition) is 4. The summed E-state index contributed by atoms with van der Waals surface area (Å²) in [5, 5.41) is 8.02. The predicted molar refractivity (Wildman–Crippen MR) is 74.8 cm³/mol. The van der Waals surface area contributed by atoms with Crippen LogP contribution in [-0.2, 0) is 12.8 Å². The molecule has 0 aromatic carbocycles. The van der Waals surface area contributed by atoms with Crippen molar-refractivity contribution in [2.75, 3.05) is 31.1 Å². The summed E-state index contributed by atoms with van der Waals surface area (Å²) >= 11 is 0. The van der Waals surface area contributed by atoms with Gasteiger partial charge in [-0.05, 0) is 26.3 Å². The van der Waals surface area contributed by atoms with E-state index in [4.69, 9.17) is 4.98 Å². The molecule has 19 heavy (non-hydrogen) atoms. The van der Waals surface area contributed by atoms with Gasteiger partial charge in [-0.15, -0.1) is 0 Å². The van der Waals surface area contributed by atoms with Gasteiger partial charge in [0.05, 0.1) is 11.9 Å². The molecule has 1 N–H and O–H groups in total. The molecule has 2 aromatic rings. The van der Waals surface area contributed by atoms with Crippen LogP contribution in [0.5, 0.6) is 0 Å². The molecule has 0 bridgehead atoms. The van der Waals surface area contributed by atoms with Gasteiger partial charge in [0.25, 0.3) is 0 Å². The third kappa shape index (κ3) is 1.64. The molecule has 1 fully saturated rings. The van der Waals surface area contributed by atoms with Crippen LogP contribution in [-0.4, -0.2) is 40.8 Å². The minimum absolute atomic E-state index is 1.03. The molecule has 0 amide bonds. The van der Waals surface area contributed by atoms with Gasteiger partial charge >= 0.3 is 0 Å². The van der Waals surface area contributed by atoms with E-state index in [1.54, 1.807) is 0 Å². The van der Waals surface area contributed by atoms with E-state index in [0.717, 1.165) is 44.7 Å². The summed E-state index contributed by atoms with van der Waals surface area (Å²) in [4.78, 5) is 7.32. The summed E-state index contributed by atoms with van der Waals surface area (Å²) in [6.45, 7) is 6.47. The van der Waals surface area contributed by atoms with Gasteiger partial charge in [0.1, 0.15) is 5.82 Å². The van der Waals surface area contributed by atoms with Crippen molar-refractivity contribution in [2.24, 2.45) is 0 Å². The van der Waals surface area contributed by atoms with Crippen molar-refractivity contribution in [3.8, 4) is 0 Å². The number of nitrogens with zero attached hydrogens (tertiary/aromatic N) is 4. The van der Waals surface area contributed by atoms with Crippen LogP contribution >= 0.6 is 0 Å². The van der Waals surface area contributed by atoms with Gasteiger partial charge in [0.2, 0.25) is 0 Å². The van der Waals surface area contributed by atoms with Crippen molar-refractivity contribution in [3.63, 3.8) is 0 Å². The Balaban J connectivity index is 1.99. The fourth-order valence-corrected chi connectivity index (χ4v) is 3.03. The molecule has 0 radical (unpaired) electrons. The summed E-state index contributed by atoms with van der Waals surface area (Å²) in [7, 11) is 0. The second-order valence-electron chi connectivity index (χ2n) is 5.51. The van der Waals surface area contributed by atoms with Gasteiger partial charge in [-0.2, -0.15) is 9.61 Å². The maximum Gasteiger partial charge on any atom is 0.160 e. The molecule has 100 valence electrons. The first kappa shape index (κ1) is 11.2. The van der Waals surface area contributed by atoms with Crippen LogP contribution in [0.1, 0.15) is 23.2 Å². The Morgan fingerprint density at radius 1 is 1.21 bits per heavy atom. The van der Waals surface area contributed by atoms with E-state index in [-0.39, 0.29) is 0 Å². The minimum atomic E-state index is 1.03. The van der Waals surface area contributed by atoms with E-state index in [2.05, 4.69) is 26.8 Å². The Bertz CT molecular complexity index is 626. The van der Waals surface area contributed by atoms with E-state index < -0.39 is 0 Å². The number of fused-ring (bicyclic) bond motifs is 2. The number of rotatable bonds is 1. The number of nitrogens with one attached hydrogen (secondary N) is 1. The zero-order chi connectivity index (χ0) is 12.8. The average molecular weight is 257 g/mol. The molecule has 5 heteroatoms. The molecule has 1 saturated heterocycles. The Labute approximate surface area is 112 Å². The van der Waals surface area contributed by atoms with Crippen molar-refractivity contribution < 1.29 is 0 Å². The van der Waals surface area contributed by atoms with E-state index in [9.17, 15) is 0 Å². The normalized spacial score (nSPS) is 19.1. The second kappa shape index (κ2) is 4.20. The van der Waals surface area contributed by atoms with Gasteiger partial charge in [0.15, 0.2) is 5.65 Å². The zero-order valence-corrected chi connectivity index (χ0v) is 11.3. The molecule has 4 heterocycles. The van der Waals surface area contributed by atoms with Crippen LogP contribution in [0.2, 0.25) is 0 Å². The lowest BCUT2D eigenvalue weighted by Gasteiger charge is -2.35. The Morgan fingerprint density at radius 3 is 2.84 bits per heavy atom. The van der Waals surface area contributed by atoms with Crippen molar-refractivity contribution >= 4 is 11.5 Å². The standard InChI is InChI=1S/C14H19N5/c1-10-9-16-19-13(10)17-12-4-6-15-5-3-11(12)14(19)18-7-2-8-18/h9,15H,2-8H2,1H3. The fourth-order valence-electron chi connectivity index (χ4n) is 3.03. The summed E-state index contributed by atoms with van der Waals surface area (Å²) in [6.07, 6.45) is 5.31. The van der Waals surface area contributed by atoms with E-state index in [1.165, 1.54) is 29.1 Å². The smallest absolute Gasteiger partial charge is 0.160 e. The highest BCUT2D eigenvalue weighted by atomic mass is 15.4. The highest BCUT2D eigenvalue weighted by Crippen LogP contribution is 2.30. The number of hydrogen-bond donors (Lipinski definition) is 1. The Morgan fingerprint density at radius 2 is 2.05 bits per heavy atom. The number of aryl methyl sites for hydroxylation is 1. The third-order valence-electron chi connectivity index (χ3n) is 4.23. The van der Waals surface area contributed by atoms with E-state index in [0.29, 0.717) is 0 Å². The first-order valence-corrected chi connectivity index (χ1v) is 7.16.